The molecule has 0 bridgehead atoms. The fourth-order valence-electron chi connectivity index (χ4n) is 2.69. The summed E-state index contributed by atoms with van der Waals surface area (Å²) in [7, 11) is -2.44. The van der Waals surface area contributed by atoms with Crippen LogP contribution in [0.25, 0.3) is 6.08 Å². The first-order valence-corrected chi connectivity index (χ1v) is 9.77. The monoisotopic (exact) mass is 300 g/mol. The number of hydrogen-bond donors (Lipinski definition) is 0. The van der Waals surface area contributed by atoms with Gasteiger partial charge in [-0.1, -0.05) is 74.8 Å². The molecule has 0 fully saturated rings. The predicted molar refractivity (Wildman–Crippen MR) is 82.4 cm³/mol. The van der Waals surface area contributed by atoms with Crippen molar-refractivity contribution < 1.29 is 13.2 Å². The largest absolute Gasteiger partial charge is 0.409 e. The average Bonchev–Trinajstić information content (AvgIpc) is 2.41. The number of benzene rings is 1. The number of hydrogen-bond acceptors (Lipinski definition) is 0. The van der Waals surface area contributed by atoms with Crippen molar-refractivity contribution in [3.05, 3.63) is 40.6 Å². The molecule has 0 saturated carbocycles. The van der Waals surface area contributed by atoms with Crippen molar-refractivity contribution >= 4 is 14.1 Å². The van der Waals surface area contributed by atoms with Gasteiger partial charge in [0.1, 0.15) is 0 Å². The van der Waals surface area contributed by atoms with Crippen molar-refractivity contribution in [3.63, 3.8) is 0 Å². The molecular weight excluding hydrogens is 277 g/mol. The van der Waals surface area contributed by atoms with Gasteiger partial charge >= 0.3 is 6.18 Å². The van der Waals surface area contributed by atoms with Crippen LogP contribution in [0.2, 0.25) is 18.1 Å². The van der Waals surface area contributed by atoms with Crippen LogP contribution < -0.4 is 0 Å². The van der Waals surface area contributed by atoms with Gasteiger partial charge in [-0.15, -0.1) is 0 Å². The van der Waals surface area contributed by atoms with Crippen molar-refractivity contribution in [2.75, 3.05) is 0 Å². The van der Waals surface area contributed by atoms with Gasteiger partial charge in [0.05, 0.1) is 8.07 Å². The van der Waals surface area contributed by atoms with E-state index in [1.807, 2.05) is 39.8 Å². The molecule has 0 heterocycles. The summed E-state index contributed by atoms with van der Waals surface area (Å²) in [5, 5.41) is -0.263. The fourth-order valence-corrected chi connectivity index (χ4v) is 6.40. The third-order valence-electron chi connectivity index (χ3n) is 4.30. The molecule has 0 unspecified atom stereocenters. The summed E-state index contributed by atoms with van der Waals surface area (Å²) in [4.78, 5) is 0. The lowest BCUT2D eigenvalue weighted by molar-refractivity contribution is -0.0850. The second-order valence-corrected chi connectivity index (χ2v) is 10.5. The van der Waals surface area contributed by atoms with Crippen LogP contribution in [0.15, 0.2) is 29.5 Å². The molecule has 0 N–H and O–H groups in total. The Bertz CT molecular complexity index is 445. The van der Waals surface area contributed by atoms with E-state index in [0.29, 0.717) is 23.7 Å². The van der Waals surface area contributed by atoms with E-state index in [4.69, 9.17) is 0 Å². The minimum absolute atomic E-state index is 0.263. The van der Waals surface area contributed by atoms with E-state index in [-0.39, 0.29) is 5.20 Å². The zero-order valence-corrected chi connectivity index (χ0v) is 13.6. The van der Waals surface area contributed by atoms with E-state index in [1.165, 1.54) is 6.08 Å². The molecule has 0 spiro atoms. The molecule has 0 aliphatic rings. The molecule has 0 amide bonds. The molecule has 20 heavy (non-hydrogen) atoms. The van der Waals surface area contributed by atoms with Crippen LogP contribution in [-0.2, 0) is 0 Å². The Morgan fingerprint density at radius 2 is 1.45 bits per heavy atom. The minimum atomic E-state index is -4.22. The first-order chi connectivity index (χ1) is 9.29. The van der Waals surface area contributed by atoms with Crippen LogP contribution in [0.1, 0.15) is 31.9 Å². The molecule has 1 aromatic rings. The summed E-state index contributed by atoms with van der Waals surface area (Å²) in [5.41, 5.74) is 1.70. The van der Waals surface area contributed by atoms with E-state index in [0.717, 1.165) is 5.56 Å². The summed E-state index contributed by atoms with van der Waals surface area (Å²) >= 11 is 0. The molecule has 0 aromatic heterocycles. The van der Waals surface area contributed by atoms with E-state index in [1.54, 1.807) is 12.1 Å². The van der Waals surface area contributed by atoms with Crippen LogP contribution in [0.4, 0.5) is 13.2 Å². The Morgan fingerprint density at radius 3 is 1.80 bits per heavy atom. The maximum absolute atomic E-state index is 13.5. The summed E-state index contributed by atoms with van der Waals surface area (Å²) < 4.78 is 40.5. The fraction of sp³-hybridized carbons (Fsp3) is 0.500. The highest BCUT2D eigenvalue weighted by Gasteiger charge is 2.46. The molecule has 0 aliphatic carbocycles. The summed E-state index contributed by atoms with van der Waals surface area (Å²) in [6, 6.07) is 9.15. The van der Waals surface area contributed by atoms with Crippen LogP contribution in [0.3, 0.4) is 0 Å². The molecule has 0 aliphatic heterocycles. The lowest BCUT2D eigenvalue weighted by atomic mass is 10.1. The number of allylic oxidation sites excluding steroid dienone is 1. The van der Waals surface area contributed by atoms with E-state index >= 15 is 0 Å². The number of halogens is 3. The second kappa shape index (κ2) is 6.61. The van der Waals surface area contributed by atoms with Crippen molar-refractivity contribution in [2.45, 2.75) is 52.0 Å². The zero-order chi connectivity index (χ0) is 15.4. The van der Waals surface area contributed by atoms with E-state index in [9.17, 15) is 13.2 Å². The van der Waals surface area contributed by atoms with Gasteiger partial charge in [0.15, 0.2) is 0 Å². The van der Waals surface area contributed by atoms with Gasteiger partial charge in [-0.05, 0) is 12.5 Å². The molecule has 4 heteroatoms. The molecule has 0 atom stereocenters. The lowest BCUT2D eigenvalue weighted by Crippen LogP contribution is -2.41. The molecular formula is C16H23F3Si. The summed E-state index contributed by atoms with van der Waals surface area (Å²) in [5.74, 6) is 0. The Hall–Kier alpha value is -1.03. The Kier molecular flexibility index (Phi) is 5.63. The maximum Gasteiger partial charge on any atom is 0.409 e. The third-order valence-corrected chi connectivity index (χ3v) is 9.93. The van der Waals surface area contributed by atoms with Gasteiger partial charge in [0.2, 0.25) is 0 Å². The van der Waals surface area contributed by atoms with E-state index < -0.39 is 14.3 Å². The van der Waals surface area contributed by atoms with Crippen LogP contribution >= 0.6 is 0 Å². The van der Waals surface area contributed by atoms with Crippen LogP contribution in [0, 0.1) is 6.92 Å². The topological polar surface area (TPSA) is 0 Å². The van der Waals surface area contributed by atoms with Gasteiger partial charge in [0, 0.05) is 5.20 Å². The normalized spacial score (nSPS) is 13.7. The summed E-state index contributed by atoms with van der Waals surface area (Å²) in [6.45, 7) is 7.62. The first kappa shape index (κ1) is 17.0. The minimum Gasteiger partial charge on any atom is -0.167 e. The number of alkyl halides is 3. The standard InChI is InChI=1S/C16H23F3Si/c1-5-20(6-2,7-3)15(16(17,18)19)12-14-10-8-13(4)9-11-14/h8-12H,5-7H2,1-4H3/b15-12+. The number of aryl methyl sites for hydroxylation is 1. The van der Waals surface area contributed by atoms with Crippen LogP contribution in [-0.4, -0.2) is 14.3 Å². The van der Waals surface area contributed by atoms with Crippen molar-refractivity contribution in [1.82, 2.24) is 0 Å². The average molecular weight is 300 g/mol. The SMILES string of the molecule is CC[Si](CC)(CC)/C(=C/c1ccc(C)cc1)C(F)(F)F. The maximum atomic E-state index is 13.5. The second-order valence-electron chi connectivity index (χ2n) is 5.31. The van der Waals surface area contributed by atoms with Crippen molar-refractivity contribution in [2.24, 2.45) is 0 Å². The van der Waals surface area contributed by atoms with Crippen molar-refractivity contribution in [1.29, 1.82) is 0 Å². The first-order valence-electron chi connectivity index (χ1n) is 7.15. The van der Waals surface area contributed by atoms with E-state index in [2.05, 4.69) is 0 Å². The molecule has 0 nitrogen and oxygen atoms in total. The Labute approximate surface area is 120 Å². The molecule has 112 valence electrons. The molecule has 0 saturated heterocycles. The highest BCUT2D eigenvalue weighted by Crippen LogP contribution is 2.40. The quantitative estimate of drug-likeness (QED) is 0.586. The van der Waals surface area contributed by atoms with Gasteiger partial charge in [-0.3, -0.25) is 0 Å². The molecule has 1 rings (SSSR count). The Morgan fingerprint density at radius 1 is 1.00 bits per heavy atom. The predicted octanol–water partition coefficient (Wildman–Crippen LogP) is 5.99. The Balaban J connectivity index is 3.36. The van der Waals surface area contributed by atoms with Gasteiger partial charge < -0.3 is 0 Å². The molecule has 1 aromatic carbocycles. The highest BCUT2D eigenvalue weighted by molar-refractivity contribution is 6.87. The van der Waals surface area contributed by atoms with Gasteiger partial charge in [0.25, 0.3) is 0 Å². The summed E-state index contributed by atoms with van der Waals surface area (Å²) in [6.07, 6.45) is -2.85. The molecule has 0 radical (unpaired) electrons. The number of rotatable bonds is 5. The highest BCUT2D eigenvalue weighted by atomic mass is 28.3. The van der Waals surface area contributed by atoms with Crippen molar-refractivity contribution in [3.8, 4) is 0 Å². The third kappa shape index (κ3) is 3.75. The smallest absolute Gasteiger partial charge is 0.167 e. The zero-order valence-electron chi connectivity index (χ0n) is 12.6. The van der Waals surface area contributed by atoms with Gasteiger partial charge in [-0.2, -0.15) is 13.2 Å². The lowest BCUT2D eigenvalue weighted by Gasteiger charge is -2.32. The van der Waals surface area contributed by atoms with Crippen LogP contribution in [0.5, 0.6) is 0 Å². The van der Waals surface area contributed by atoms with Gasteiger partial charge in [-0.25, -0.2) is 0 Å².